The Morgan fingerprint density at radius 2 is 1.62 bits per heavy atom. The maximum atomic E-state index is 12.8. The van der Waals surface area contributed by atoms with Crippen molar-refractivity contribution in [3.05, 3.63) is 41.4 Å². The monoisotopic (exact) mass is 370 g/mol. The molecule has 3 amide bonds. The maximum Gasteiger partial charge on any atom is 0.233 e. The number of anilines is 1. The van der Waals surface area contributed by atoms with Crippen LogP contribution in [0.25, 0.3) is 0 Å². The van der Waals surface area contributed by atoms with Crippen LogP contribution in [-0.2, 0) is 14.4 Å². The van der Waals surface area contributed by atoms with Crippen molar-refractivity contribution >= 4 is 35.0 Å². The number of hydrogen-bond acceptors (Lipinski definition) is 3. The van der Waals surface area contributed by atoms with E-state index < -0.39 is 0 Å². The Hall–Kier alpha value is -2.14. The first-order chi connectivity index (χ1) is 12.5. The molecule has 6 rings (SSSR count). The average molecular weight is 371 g/mol. The van der Waals surface area contributed by atoms with Crippen molar-refractivity contribution in [1.82, 2.24) is 4.90 Å². The number of hydrogen-bond donors (Lipinski definition) is 1. The highest BCUT2D eigenvalue weighted by molar-refractivity contribution is 6.30. The number of rotatable bonds is 4. The highest BCUT2D eigenvalue weighted by Gasteiger charge is 2.66. The van der Waals surface area contributed by atoms with Crippen LogP contribution >= 0.6 is 11.6 Å². The first-order valence-corrected chi connectivity index (χ1v) is 9.51. The average Bonchev–Trinajstić information content (AvgIpc) is 3.41. The molecule has 1 aromatic carbocycles. The summed E-state index contributed by atoms with van der Waals surface area (Å²) < 4.78 is 0. The summed E-state index contributed by atoms with van der Waals surface area (Å²) in [6.45, 7) is 0.152. The number of imide groups is 1. The van der Waals surface area contributed by atoms with Crippen LogP contribution in [0, 0.1) is 35.5 Å². The number of nitrogens with zero attached hydrogens (tertiary/aromatic N) is 1. The summed E-state index contributed by atoms with van der Waals surface area (Å²) in [4.78, 5) is 39.2. The Balaban J connectivity index is 1.24. The van der Waals surface area contributed by atoms with E-state index in [1.54, 1.807) is 24.3 Å². The van der Waals surface area contributed by atoms with E-state index in [0.717, 1.165) is 6.42 Å². The van der Waals surface area contributed by atoms with Crippen LogP contribution in [0.5, 0.6) is 0 Å². The molecule has 2 bridgehead atoms. The molecule has 3 fully saturated rings. The van der Waals surface area contributed by atoms with Gasteiger partial charge in [0.15, 0.2) is 0 Å². The minimum absolute atomic E-state index is 0.0796. The summed E-state index contributed by atoms with van der Waals surface area (Å²) in [6, 6.07) is 6.83. The van der Waals surface area contributed by atoms with Gasteiger partial charge in [-0.3, -0.25) is 19.3 Å². The lowest BCUT2D eigenvalue weighted by molar-refractivity contribution is -0.140. The molecule has 5 nitrogen and oxygen atoms in total. The summed E-state index contributed by atoms with van der Waals surface area (Å²) in [5, 5.41) is 3.37. The second kappa shape index (κ2) is 5.68. The molecule has 0 radical (unpaired) electrons. The fourth-order valence-electron chi connectivity index (χ4n) is 5.21. The Kier molecular flexibility index (Phi) is 3.51. The quantitative estimate of drug-likeness (QED) is 0.654. The zero-order valence-corrected chi connectivity index (χ0v) is 14.9. The zero-order valence-electron chi connectivity index (χ0n) is 14.1. The number of nitrogens with one attached hydrogen (secondary N) is 1. The van der Waals surface area contributed by atoms with Crippen molar-refractivity contribution < 1.29 is 14.4 Å². The topological polar surface area (TPSA) is 66.5 Å². The van der Waals surface area contributed by atoms with Crippen LogP contribution in [0.1, 0.15) is 12.8 Å². The van der Waals surface area contributed by atoms with Crippen molar-refractivity contribution in [1.29, 1.82) is 0 Å². The fourth-order valence-corrected chi connectivity index (χ4v) is 5.34. The number of amides is 3. The minimum Gasteiger partial charge on any atom is -0.326 e. The molecule has 1 aromatic rings. The van der Waals surface area contributed by atoms with Gasteiger partial charge in [-0.25, -0.2) is 0 Å². The van der Waals surface area contributed by atoms with Gasteiger partial charge in [0, 0.05) is 23.7 Å². The summed E-state index contributed by atoms with van der Waals surface area (Å²) in [5.74, 6) is 0.867. The third-order valence-electron chi connectivity index (χ3n) is 6.44. The smallest absolute Gasteiger partial charge is 0.233 e. The van der Waals surface area contributed by atoms with Crippen molar-refractivity contribution in [2.45, 2.75) is 12.8 Å². The number of carbonyl (C=O) groups excluding carboxylic acids is 3. The van der Waals surface area contributed by atoms with E-state index in [1.807, 2.05) is 0 Å². The Morgan fingerprint density at radius 1 is 1.04 bits per heavy atom. The number of allylic oxidation sites excluding steroid dienone is 2. The first kappa shape index (κ1) is 16.1. The van der Waals surface area contributed by atoms with Crippen LogP contribution in [0.4, 0.5) is 5.69 Å². The molecule has 0 spiro atoms. The molecule has 4 aliphatic carbocycles. The lowest BCUT2D eigenvalue weighted by Gasteiger charge is -2.37. The van der Waals surface area contributed by atoms with E-state index in [-0.39, 0.29) is 54.4 Å². The minimum atomic E-state index is -0.216. The fraction of sp³-hybridized carbons (Fsp3) is 0.450. The normalized spacial score (nSPS) is 36.1. The molecule has 1 N–H and O–H groups in total. The molecular formula is C20H19ClN2O3. The molecule has 5 aliphatic rings. The molecule has 1 heterocycles. The van der Waals surface area contributed by atoms with Gasteiger partial charge < -0.3 is 5.32 Å². The number of likely N-dealkylation sites (tertiary alicyclic amines) is 1. The van der Waals surface area contributed by atoms with Crippen LogP contribution in [0.3, 0.4) is 0 Å². The van der Waals surface area contributed by atoms with Gasteiger partial charge in [-0.1, -0.05) is 23.8 Å². The molecule has 2 saturated carbocycles. The Labute approximate surface area is 156 Å². The van der Waals surface area contributed by atoms with E-state index in [9.17, 15) is 14.4 Å². The van der Waals surface area contributed by atoms with Gasteiger partial charge in [0.2, 0.25) is 17.7 Å². The van der Waals surface area contributed by atoms with Gasteiger partial charge in [-0.05, 0) is 54.4 Å². The second-order valence-corrected chi connectivity index (χ2v) is 8.22. The third kappa shape index (κ3) is 2.33. The van der Waals surface area contributed by atoms with E-state index in [4.69, 9.17) is 11.6 Å². The molecule has 1 aliphatic heterocycles. The summed E-state index contributed by atoms with van der Waals surface area (Å²) in [5.41, 5.74) is 0.648. The Bertz CT molecular complexity index is 798. The van der Waals surface area contributed by atoms with Crippen LogP contribution < -0.4 is 5.32 Å². The number of halogens is 1. The predicted octanol–water partition coefficient (Wildman–Crippen LogP) is 2.72. The molecule has 6 heteroatoms. The third-order valence-corrected chi connectivity index (χ3v) is 6.70. The standard InChI is InChI=1S/C20H19ClN2O3/c21-10-1-3-11(4-2-10)22-16(24)7-8-23-19(25)17-12-5-6-13(15-9-14(12)15)18(17)20(23)26/h1-6,12-15,17-18H,7-9H2,(H,22,24)/t12-,13-,14-,15+,17+,18+/m0/s1. The van der Waals surface area contributed by atoms with E-state index in [1.165, 1.54) is 4.90 Å². The van der Waals surface area contributed by atoms with Crippen molar-refractivity contribution in [3.63, 3.8) is 0 Å². The lowest BCUT2D eigenvalue weighted by Crippen LogP contribution is -2.40. The van der Waals surface area contributed by atoms with Crippen molar-refractivity contribution in [2.75, 3.05) is 11.9 Å². The zero-order chi connectivity index (χ0) is 18.0. The van der Waals surface area contributed by atoms with E-state index in [2.05, 4.69) is 17.5 Å². The molecule has 0 unspecified atom stereocenters. The van der Waals surface area contributed by atoms with Crippen LogP contribution in [0.2, 0.25) is 5.02 Å². The lowest BCUT2D eigenvalue weighted by atomic mass is 9.63. The van der Waals surface area contributed by atoms with Crippen molar-refractivity contribution in [2.24, 2.45) is 35.5 Å². The highest BCUT2D eigenvalue weighted by atomic mass is 35.5. The maximum absolute atomic E-state index is 12.8. The second-order valence-electron chi connectivity index (χ2n) is 7.79. The molecular weight excluding hydrogens is 352 g/mol. The van der Waals surface area contributed by atoms with Gasteiger partial charge in [0.05, 0.1) is 11.8 Å². The van der Waals surface area contributed by atoms with E-state index >= 15 is 0 Å². The van der Waals surface area contributed by atoms with Gasteiger partial charge >= 0.3 is 0 Å². The highest BCUT2D eigenvalue weighted by Crippen LogP contribution is 2.65. The van der Waals surface area contributed by atoms with Crippen LogP contribution in [0.15, 0.2) is 36.4 Å². The molecule has 0 aromatic heterocycles. The van der Waals surface area contributed by atoms with Gasteiger partial charge in [0.25, 0.3) is 0 Å². The molecule has 6 atom stereocenters. The molecule has 26 heavy (non-hydrogen) atoms. The van der Waals surface area contributed by atoms with Gasteiger partial charge in [-0.2, -0.15) is 0 Å². The van der Waals surface area contributed by atoms with Gasteiger partial charge in [-0.15, -0.1) is 0 Å². The summed E-state index contributed by atoms with van der Waals surface area (Å²) in [6.07, 6.45) is 5.57. The van der Waals surface area contributed by atoms with Crippen molar-refractivity contribution in [3.8, 4) is 0 Å². The SMILES string of the molecule is O=C(CCN1C(=O)[C@@H]2[C@H]3C=C[C@@H]([C@@H]4C[C@H]34)[C@H]2C1=O)Nc1ccc(Cl)cc1. The number of carbonyl (C=O) groups is 3. The predicted molar refractivity (Wildman–Crippen MR) is 96.1 cm³/mol. The first-order valence-electron chi connectivity index (χ1n) is 9.13. The Morgan fingerprint density at radius 3 is 2.19 bits per heavy atom. The van der Waals surface area contributed by atoms with Gasteiger partial charge in [0.1, 0.15) is 0 Å². The van der Waals surface area contributed by atoms with E-state index in [0.29, 0.717) is 22.5 Å². The molecule has 134 valence electrons. The summed E-state index contributed by atoms with van der Waals surface area (Å²) in [7, 11) is 0. The number of benzene rings is 1. The summed E-state index contributed by atoms with van der Waals surface area (Å²) >= 11 is 5.83. The van der Waals surface area contributed by atoms with Crippen LogP contribution in [-0.4, -0.2) is 29.2 Å². The molecule has 1 saturated heterocycles. The largest absolute Gasteiger partial charge is 0.326 e.